The Balaban J connectivity index is 1.81. The van der Waals surface area contributed by atoms with E-state index in [4.69, 9.17) is 4.74 Å². The van der Waals surface area contributed by atoms with Gasteiger partial charge < -0.3 is 4.74 Å². The molecule has 0 unspecified atom stereocenters. The highest BCUT2D eigenvalue weighted by Crippen LogP contribution is 2.39. The number of hydrogen-bond acceptors (Lipinski definition) is 4. The van der Waals surface area contributed by atoms with Crippen LogP contribution in [0.15, 0.2) is 48.7 Å². The molecule has 1 amide bonds. The average Bonchev–Trinajstić information content (AvgIpc) is 2.54. The summed E-state index contributed by atoms with van der Waals surface area (Å²) in [5, 5.41) is 0.874. The molecule has 0 saturated heterocycles. The van der Waals surface area contributed by atoms with Crippen molar-refractivity contribution in [2.45, 2.75) is 0 Å². The number of fused-ring (bicyclic) bond motifs is 2. The molecule has 0 fully saturated rings. The topological polar surface area (TPSA) is 55.3 Å². The number of benzene rings is 1. The van der Waals surface area contributed by atoms with Crippen LogP contribution in [0.25, 0.3) is 11.0 Å². The van der Waals surface area contributed by atoms with Crippen LogP contribution >= 0.6 is 0 Å². The van der Waals surface area contributed by atoms with Gasteiger partial charge in [-0.05, 0) is 42.5 Å². The van der Waals surface area contributed by atoms with Gasteiger partial charge in [-0.15, -0.1) is 0 Å². The lowest BCUT2D eigenvalue weighted by molar-refractivity contribution is 0.0979. The van der Waals surface area contributed by atoms with Gasteiger partial charge in [0, 0.05) is 11.6 Å². The number of amides is 1. The van der Waals surface area contributed by atoms with Crippen molar-refractivity contribution in [2.75, 3.05) is 12.0 Å². The summed E-state index contributed by atoms with van der Waals surface area (Å²) in [5.41, 5.74) is 2.05. The van der Waals surface area contributed by atoms with Crippen LogP contribution in [-0.2, 0) is 0 Å². The second-order valence-electron chi connectivity index (χ2n) is 4.75. The van der Waals surface area contributed by atoms with E-state index in [0.29, 0.717) is 17.0 Å². The van der Waals surface area contributed by atoms with Crippen molar-refractivity contribution in [1.29, 1.82) is 0 Å². The lowest BCUT2D eigenvalue weighted by atomic mass is 10.0. The van der Waals surface area contributed by atoms with Crippen molar-refractivity contribution in [2.24, 2.45) is 0 Å². The number of anilines is 2. The molecule has 0 saturated carbocycles. The van der Waals surface area contributed by atoms with E-state index in [1.807, 2.05) is 42.5 Å². The second-order valence-corrected chi connectivity index (χ2v) is 4.75. The molecule has 0 spiro atoms. The number of ether oxygens (including phenoxy) is 1. The zero-order chi connectivity index (χ0) is 14.4. The minimum absolute atomic E-state index is 0.0478. The molecule has 1 aliphatic heterocycles. The van der Waals surface area contributed by atoms with Gasteiger partial charge in [0.05, 0.1) is 18.4 Å². The Morgan fingerprint density at radius 3 is 2.71 bits per heavy atom. The molecule has 0 N–H and O–H groups in total. The SMILES string of the molecule is COc1ccc(N2C(=O)c3cc4cccnc4nc32)cc1. The molecule has 5 nitrogen and oxygen atoms in total. The first kappa shape index (κ1) is 11.8. The van der Waals surface area contributed by atoms with Gasteiger partial charge in [-0.25, -0.2) is 9.97 Å². The van der Waals surface area contributed by atoms with Crippen LogP contribution in [0.5, 0.6) is 5.75 Å². The lowest BCUT2D eigenvalue weighted by Gasteiger charge is -2.32. The number of rotatable bonds is 2. The van der Waals surface area contributed by atoms with E-state index in [9.17, 15) is 4.79 Å². The third kappa shape index (κ3) is 1.67. The van der Waals surface area contributed by atoms with Gasteiger partial charge in [0.25, 0.3) is 5.91 Å². The standard InChI is InChI=1S/C16H11N3O2/c1-21-12-6-4-11(5-7-12)19-15-13(16(19)20)9-10-3-2-8-17-14(10)18-15/h2-9H,1H3. The van der Waals surface area contributed by atoms with E-state index < -0.39 is 0 Å². The maximum absolute atomic E-state index is 12.3. The quantitative estimate of drug-likeness (QED) is 0.722. The minimum Gasteiger partial charge on any atom is -0.497 e. The van der Waals surface area contributed by atoms with Gasteiger partial charge >= 0.3 is 0 Å². The summed E-state index contributed by atoms with van der Waals surface area (Å²) in [6.07, 6.45) is 1.69. The molecule has 0 radical (unpaired) electrons. The average molecular weight is 277 g/mol. The fraction of sp³-hybridized carbons (Fsp3) is 0.0625. The van der Waals surface area contributed by atoms with Gasteiger partial charge in [0.1, 0.15) is 5.75 Å². The summed E-state index contributed by atoms with van der Waals surface area (Å²) < 4.78 is 5.13. The molecule has 4 rings (SSSR count). The number of carbonyl (C=O) groups is 1. The van der Waals surface area contributed by atoms with Crippen LogP contribution in [0.4, 0.5) is 11.5 Å². The molecule has 0 atom stereocenters. The van der Waals surface area contributed by atoms with Gasteiger partial charge in [0.15, 0.2) is 11.5 Å². The van der Waals surface area contributed by atoms with Crippen molar-refractivity contribution in [3.63, 3.8) is 0 Å². The monoisotopic (exact) mass is 277 g/mol. The molecule has 5 heteroatoms. The molecule has 21 heavy (non-hydrogen) atoms. The predicted octanol–water partition coefficient (Wildman–Crippen LogP) is 2.93. The second kappa shape index (κ2) is 4.28. The molecule has 3 aromatic rings. The molecule has 3 heterocycles. The van der Waals surface area contributed by atoms with E-state index in [-0.39, 0.29) is 5.91 Å². The number of carbonyl (C=O) groups excluding carboxylic acids is 1. The van der Waals surface area contributed by atoms with Crippen molar-refractivity contribution in [3.05, 3.63) is 54.2 Å². The Hall–Kier alpha value is -2.95. The third-order valence-electron chi connectivity index (χ3n) is 3.55. The fourth-order valence-electron chi connectivity index (χ4n) is 2.46. The van der Waals surface area contributed by atoms with Crippen LogP contribution in [0.1, 0.15) is 10.4 Å². The lowest BCUT2D eigenvalue weighted by Crippen LogP contribution is -2.37. The normalized spacial score (nSPS) is 13.0. The number of pyridine rings is 2. The van der Waals surface area contributed by atoms with E-state index in [0.717, 1.165) is 16.8 Å². The Bertz CT molecular complexity index is 859. The Labute approximate surface area is 120 Å². The first-order valence-corrected chi connectivity index (χ1v) is 6.52. The molecule has 1 aromatic carbocycles. The van der Waals surface area contributed by atoms with E-state index >= 15 is 0 Å². The van der Waals surface area contributed by atoms with Gasteiger partial charge in [-0.2, -0.15) is 0 Å². The van der Waals surface area contributed by atoms with E-state index in [2.05, 4.69) is 9.97 Å². The van der Waals surface area contributed by atoms with E-state index in [1.54, 1.807) is 18.2 Å². The van der Waals surface area contributed by atoms with Crippen LogP contribution in [0.2, 0.25) is 0 Å². The molecule has 1 aliphatic rings. The summed E-state index contributed by atoms with van der Waals surface area (Å²) >= 11 is 0. The first-order chi connectivity index (χ1) is 10.3. The van der Waals surface area contributed by atoms with Crippen molar-refractivity contribution in [1.82, 2.24) is 9.97 Å². The van der Waals surface area contributed by atoms with Crippen molar-refractivity contribution in [3.8, 4) is 5.75 Å². The number of methoxy groups -OCH3 is 1. The van der Waals surface area contributed by atoms with Gasteiger partial charge in [-0.1, -0.05) is 0 Å². The zero-order valence-electron chi connectivity index (χ0n) is 11.3. The molecule has 0 aliphatic carbocycles. The maximum atomic E-state index is 12.3. The van der Waals surface area contributed by atoms with Crippen molar-refractivity contribution >= 4 is 28.4 Å². The first-order valence-electron chi connectivity index (χ1n) is 6.52. The van der Waals surface area contributed by atoms with Crippen LogP contribution in [-0.4, -0.2) is 23.0 Å². The number of nitrogens with zero attached hydrogens (tertiary/aromatic N) is 3. The summed E-state index contributed by atoms with van der Waals surface area (Å²) in [7, 11) is 1.61. The highest BCUT2D eigenvalue weighted by Gasteiger charge is 2.36. The zero-order valence-corrected chi connectivity index (χ0v) is 11.3. The Morgan fingerprint density at radius 1 is 1.14 bits per heavy atom. The van der Waals surface area contributed by atoms with Crippen molar-refractivity contribution < 1.29 is 9.53 Å². The highest BCUT2D eigenvalue weighted by molar-refractivity contribution is 6.23. The summed E-state index contributed by atoms with van der Waals surface area (Å²) in [5.74, 6) is 1.35. The largest absolute Gasteiger partial charge is 0.497 e. The Morgan fingerprint density at radius 2 is 1.95 bits per heavy atom. The third-order valence-corrected chi connectivity index (χ3v) is 3.55. The highest BCUT2D eigenvalue weighted by atomic mass is 16.5. The minimum atomic E-state index is -0.0478. The van der Waals surface area contributed by atoms with Crippen LogP contribution < -0.4 is 9.64 Å². The van der Waals surface area contributed by atoms with Crippen LogP contribution in [0.3, 0.4) is 0 Å². The molecular formula is C16H11N3O2. The molecular weight excluding hydrogens is 266 g/mol. The van der Waals surface area contributed by atoms with Crippen LogP contribution in [0, 0.1) is 0 Å². The summed E-state index contributed by atoms with van der Waals surface area (Å²) in [4.78, 5) is 22.6. The molecule has 0 bridgehead atoms. The fourth-order valence-corrected chi connectivity index (χ4v) is 2.46. The smallest absolute Gasteiger partial charge is 0.267 e. The summed E-state index contributed by atoms with van der Waals surface area (Å²) in [6, 6.07) is 12.9. The maximum Gasteiger partial charge on any atom is 0.267 e. The number of aromatic nitrogens is 2. The summed E-state index contributed by atoms with van der Waals surface area (Å²) in [6.45, 7) is 0. The molecule has 2 aromatic heterocycles. The number of hydrogen-bond donors (Lipinski definition) is 0. The van der Waals surface area contributed by atoms with E-state index in [1.165, 1.54) is 0 Å². The van der Waals surface area contributed by atoms with Gasteiger partial charge in [-0.3, -0.25) is 9.69 Å². The Kier molecular flexibility index (Phi) is 2.41. The molecule has 102 valence electrons. The predicted molar refractivity (Wildman–Crippen MR) is 79.0 cm³/mol. The van der Waals surface area contributed by atoms with Gasteiger partial charge in [0.2, 0.25) is 0 Å².